The maximum Gasteiger partial charge on any atom is 0.0702 e. The summed E-state index contributed by atoms with van der Waals surface area (Å²) in [6, 6.07) is 15.3. The minimum absolute atomic E-state index is 0.103. The van der Waals surface area contributed by atoms with Crippen LogP contribution in [0.25, 0.3) is 0 Å². The van der Waals surface area contributed by atoms with Gasteiger partial charge in [0.25, 0.3) is 0 Å². The summed E-state index contributed by atoms with van der Waals surface area (Å²) in [4.78, 5) is 3.83. The van der Waals surface area contributed by atoms with E-state index in [0.29, 0.717) is 0 Å². The summed E-state index contributed by atoms with van der Waals surface area (Å²) in [7, 11) is 0. The number of hydrogen-bond donors (Lipinski definition) is 1. The molecule has 0 aliphatic heterocycles. The van der Waals surface area contributed by atoms with Crippen molar-refractivity contribution >= 4 is 27.3 Å². The third kappa shape index (κ3) is 4.65. The number of nitrogens with zero attached hydrogens (tertiary/aromatic N) is 1. The smallest absolute Gasteiger partial charge is 0.0702 e. The number of rotatable bonds is 7. The van der Waals surface area contributed by atoms with Crippen LogP contribution in [-0.2, 0) is 6.54 Å². The quantitative estimate of drug-likeness (QED) is 0.761. The van der Waals surface area contributed by atoms with Gasteiger partial charge in [-0.15, -0.1) is 11.3 Å². The predicted octanol–water partition coefficient (Wildman–Crippen LogP) is 4.81. The fourth-order valence-corrected chi connectivity index (χ4v) is 4.36. The van der Waals surface area contributed by atoms with Crippen LogP contribution in [0, 0.1) is 0 Å². The van der Waals surface area contributed by atoms with Gasteiger partial charge in [-0.3, -0.25) is 4.90 Å². The zero-order valence-electron chi connectivity index (χ0n) is 12.6. The summed E-state index contributed by atoms with van der Waals surface area (Å²) in [6.07, 6.45) is 1.13. The normalized spacial score (nSPS) is 14.3. The molecule has 21 heavy (non-hydrogen) atoms. The van der Waals surface area contributed by atoms with Crippen molar-refractivity contribution in [3.63, 3.8) is 0 Å². The molecule has 0 amide bonds. The molecule has 0 fully saturated rings. The Hall–Kier alpha value is -0.680. The summed E-state index contributed by atoms with van der Waals surface area (Å²) >= 11 is 5.35. The first-order valence-electron chi connectivity index (χ1n) is 7.40. The maximum absolute atomic E-state index is 6.31. The molecule has 0 aliphatic carbocycles. The number of halogens is 1. The standard InChI is InChI=1S/C17H23BrN2S/c1-3-11-20(12-14-7-5-4-6-8-14)17(13(2)19)15-9-10-16(18)21-15/h4-10,13,17H,3,11-12,19H2,1-2H3. The third-order valence-electron chi connectivity index (χ3n) is 3.52. The Kier molecular flexibility index (Phi) is 6.42. The van der Waals surface area contributed by atoms with Gasteiger partial charge in [0, 0.05) is 17.5 Å². The topological polar surface area (TPSA) is 29.3 Å². The molecule has 0 spiro atoms. The first-order chi connectivity index (χ1) is 10.1. The van der Waals surface area contributed by atoms with Crippen LogP contribution in [0.1, 0.15) is 36.8 Å². The molecular weight excluding hydrogens is 344 g/mol. The Morgan fingerprint density at radius 1 is 1.19 bits per heavy atom. The second kappa shape index (κ2) is 8.08. The van der Waals surface area contributed by atoms with Crippen LogP contribution in [0.2, 0.25) is 0 Å². The van der Waals surface area contributed by atoms with Crippen LogP contribution >= 0.6 is 27.3 Å². The number of benzene rings is 1. The van der Waals surface area contributed by atoms with Crippen molar-refractivity contribution in [1.82, 2.24) is 4.90 Å². The van der Waals surface area contributed by atoms with E-state index in [-0.39, 0.29) is 12.1 Å². The number of nitrogens with two attached hydrogens (primary N) is 1. The lowest BCUT2D eigenvalue weighted by molar-refractivity contribution is 0.170. The molecule has 2 aromatic rings. The van der Waals surface area contributed by atoms with Crippen molar-refractivity contribution in [3.8, 4) is 0 Å². The molecule has 0 aliphatic rings. The van der Waals surface area contributed by atoms with E-state index in [9.17, 15) is 0 Å². The second-order valence-electron chi connectivity index (χ2n) is 5.40. The molecule has 1 aromatic heterocycles. The summed E-state index contributed by atoms with van der Waals surface area (Å²) in [5.74, 6) is 0. The van der Waals surface area contributed by atoms with Gasteiger partial charge in [0.15, 0.2) is 0 Å². The molecule has 2 unspecified atom stereocenters. The van der Waals surface area contributed by atoms with Crippen LogP contribution < -0.4 is 5.73 Å². The van der Waals surface area contributed by atoms with Gasteiger partial charge in [-0.2, -0.15) is 0 Å². The van der Waals surface area contributed by atoms with E-state index in [1.165, 1.54) is 14.2 Å². The van der Waals surface area contributed by atoms with E-state index >= 15 is 0 Å². The molecule has 114 valence electrons. The Labute approximate surface area is 140 Å². The van der Waals surface area contributed by atoms with E-state index < -0.39 is 0 Å². The molecular formula is C17H23BrN2S. The van der Waals surface area contributed by atoms with E-state index in [1.54, 1.807) is 11.3 Å². The van der Waals surface area contributed by atoms with Crippen molar-refractivity contribution in [2.75, 3.05) is 6.54 Å². The lowest BCUT2D eigenvalue weighted by Gasteiger charge is -2.33. The minimum atomic E-state index is 0.103. The molecule has 0 bridgehead atoms. The van der Waals surface area contributed by atoms with Gasteiger partial charge in [-0.25, -0.2) is 0 Å². The monoisotopic (exact) mass is 366 g/mol. The van der Waals surface area contributed by atoms with Gasteiger partial charge < -0.3 is 5.73 Å². The zero-order chi connectivity index (χ0) is 15.2. The zero-order valence-corrected chi connectivity index (χ0v) is 15.0. The summed E-state index contributed by atoms with van der Waals surface area (Å²) in [5.41, 5.74) is 7.65. The summed E-state index contributed by atoms with van der Waals surface area (Å²) in [5, 5.41) is 0. The fraction of sp³-hybridized carbons (Fsp3) is 0.412. The fourth-order valence-electron chi connectivity index (χ4n) is 2.68. The van der Waals surface area contributed by atoms with Crippen molar-refractivity contribution in [3.05, 3.63) is 56.7 Å². The first-order valence-corrected chi connectivity index (χ1v) is 9.01. The summed E-state index contributed by atoms with van der Waals surface area (Å²) < 4.78 is 1.17. The molecule has 2 atom stereocenters. The molecule has 2 rings (SSSR count). The highest BCUT2D eigenvalue weighted by atomic mass is 79.9. The average Bonchev–Trinajstić information content (AvgIpc) is 2.86. The van der Waals surface area contributed by atoms with E-state index in [4.69, 9.17) is 5.73 Å². The SMILES string of the molecule is CCCN(Cc1ccccc1)C(c1ccc(Br)s1)C(C)N. The molecule has 0 radical (unpaired) electrons. The number of thiophene rings is 1. The lowest BCUT2D eigenvalue weighted by atomic mass is 10.1. The molecule has 0 saturated heterocycles. The van der Waals surface area contributed by atoms with Crippen molar-refractivity contribution in [2.24, 2.45) is 5.73 Å². The van der Waals surface area contributed by atoms with E-state index in [0.717, 1.165) is 19.5 Å². The molecule has 1 aromatic carbocycles. The van der Waals surface area contributed by atoms with Crippen molar-refractivity contribution in [1.29, 1.82) is 0 Å². The van der Waals surface area contributed by atoms with Crippen molar-refractivity contribution < 1.29 is 0 Å². The Balaban J connectivity index is 2.24. The maximum atomic E-state index is 6.31. The Morgan fingerprint density at radius 2 is 1.90 bits per heavy atom. The summed E-state index contributed by atoms with van der Waals surface area (Å²) in [6.45, 7) is 6.32. The van der Waals surface area contributed by atoms with Crippen LogP contribution in [-0.4, -0.2) is 17.5 Å². The highest BCUT2D eigenvalue weighted by Crippen LogP contribution is 2.33. The van der Waals surface area contributed by atoms with Gasteiger partial charge in [-0.1, -0.05) is 37.3 Å². The molecule has 2 N–H and O–H groups in total. The third-order valence-corrected chi connectivity index (χ3v) is 5.21. The van der Waals surface area contributed by atoms with Gasteiger partial charge in [0.1, 0.15) is 0 Å². The van der Waals surface area contributed by atoms with Gasteiger partial charge in [0.05, 0.1) is 9.83 Å². The molecule has 2 nitrogen and oxygen atoms in total. The van der Waals surface area contributed by atoms with Crippen LogP contribution in [0.15, 0.2) is 46.3 Å². The highest BCUT2D eigenvalue weighted by Gasteiger charge is 2.25. The van der Waals surface area contributed by atoms with Gasteiger partial charge in [-0.05, 0) is 53.5 Å². The highest BCUT2D eigenvalue weighted by molar-refractivity contribution is 9.11. The van der Waals surface area contributed by atoms with Gasteiger partial charge in [0.2, 0.25) is 0 Å². The lowest BCUT2D eigenvalue weighted by Crippen LogP contribution is -2.39. The van der Waals surface area contributed by atoms with Crippen LogP contribution in [0.3, 0.4) is 0 Å². The second-order valence-corrected chi connectivity index (χ2v) is 7.90. The van der Waals surface area contributed by atoms with Crippen LogP contribution in [0.5, 0.6) is 0 Å². The van der Waals surface area contributed by atoms with Crippen LogP contribution in [0.4, 0.5) is 0 Å². The van der Waals surface area contributed by atoms with E-state index in [1.807, 2.05) is 0 Å². The first kappa shape index (κ1) is 16.7. The van der Waals surface area contributed by atoms with E-state index in [2.05, 4.69) is 77.1 Å². The largest absolute Gasteiger partial charge is 0.326 e. The predicted molar refractivity (Wildman–Crippen MR) is 95.6 cm³/mol. The molecule has 4 heteroatoms. The Morgan fingerprint density at radius 3 is 2.43 bits per heavy atom. The molecule has 1 heterocycles. The molecule has 0 saturated carbocycles. The minimum Gasteiger partial charge on any atom is -0.326 e. The van der Waals surface area contributed by atoms with Crippen molar-refractivity contribution in [2.45, 2.75) is 38.9 Å². The number of hydrogen-bond acceptors (Lipinski definition) is 3. The average molecular weight is 367 g/mol. The Bertz CT molecular complexity index is 539. The van der Waals surface area contributed by atoms with Gasteiger partial charge >= 0.3 is 0 Å².